The van der Waals surface area contributed by atoms with Crippen LogP contribution in [0.25, 0.3) is 0 Å². The van der Waals surface area contributed by atoms with E-state index in [2.05, 4.69) is 0 Å². The highest BCUT2D eigenvalue weighted by Crippen LogP contribution is 2.60. The summed E-state index contributed by atoms with van der Waals surface area (Å²) < 4.78 is 22.0. The summed E-state index contributed by atoms with van der Waals surface area (Å²) in [4.78, 5) is 2.03. The maximum Gasteiger partial charge on any atom is 0.389 e. The molecule has 0 bridgehead atoms. The van der Waals surface area contributed by atoms with Crippen LogP contribution in [0.2, 0.25) is 0 Å². The Morgan fingerprint density at radius 3 is 2.36 bits per heavy atom. The lowest BCUT2D eigenvalue weighted by atomic mass is 10.5. The summed E-state index contributed by atoms with van der Waals surface area (Å²) in [5, 5.41) is 0. The summed E-state index contributed by atoms with van der Waals surface area (Å²) in [5.74, 6) is 0.741. The van der Waals surface area contributed by atoms with Crippen molar-refractivity contribution < 1.29 is 13.6 Å². The Balaban J connectivity index is 3.94. The first-order chi connectivity index (χ1) is 6.39. The van der Waals surface area contributed by atoms with Crippen LogP contribution < -0.4 is 0 Å². The van der Waals surface area contributed by atoms with Gasteiger partial charge in [-0.15, -0.1) is 0 Å². The predicted octanol–water partition coefficient (Wildman–Crippen LogP) is 2.46. The molecule has 0 aromatic heterocycles. The predicted molar refractivity (Wildman–Crippen MR) is 61.8 cm³/mol. The van der Waals surface area contributed by atoms with Gasteiger partial charge in [0, 0.05) is 19.4 Å². The molecule has 0 fully saturated rings. The van der Waals surface area contributed by atoms with E-state index in [9.17, 15) is 4.57 Å². The highest BCUT2D eigenvalue weighted by atomic mass is 32.7. The van der Waals surface area contributed by atoms with E-state index >= 15 is 0 Å². The Bertz CT molecular complexity index is 199. The molecule has 4 nitrogen and oxygen atoms in total. The quantitative estimate of drug-likeness (QED) is 0.640. The maximum absolute atomic E-state index is 11.9. The molecule has 0 aliphatic heterocycles. The van der Waals surface area contributed by atoms with Gasteiger partial charge in [-0.1, -0.05) is 0 Å². The second-order valence-corrected chi connectivity index (χ2v) is 7.67. The first-order valence-electron chi connectivity index (χ1n) is 4.53. The summed E-state index contributed by atoms with van der Waals surface area (Å²) in [6.45, 7) is 1.63. The molecule has 0 aromatic carbocycles. The minimum absolute atomic E-state index is 0.0763. The van der Waals surface area contributed by atoms with Gasteiger partial charge in [-0.25, -0.2) is 4.57 Å². The zero-order valence-corrected chi connectivity index (χ0v) is 11.2. The average Bonchev–Trinajstić information content (AvgIpc) is 2.02. The van der Waals surface area contributed by atoms with Crippen molar-refractivity contribution in [1.29, 1.82) is 0 Å². The van der Waals surface area contributed by atoms with Crippen molar-refractivity contribution >= 4 is 18.2 Å². The standard InChI is InChI=1S/C8H20NO3PS/c1-8(2)12-13(10,11-5)14-7-6-9(3)4/h8H,6-7H2,1-5H3. The molecular weight excluding hydrogens is 221 g/mol. The Labute approximate surface area is 90.6 Å². The molecule has 6 heteroatoms. The van der Waals surface area contributed by atoms with Crippen LogP contribution in [0, 0.1) is 0 Å². The van der Waals surface area contributed by atoms with Crippen molar-refractivity contribution in [3.05, 3.63) is 0 Å². The minimum atomic E-state index is -2.92. The van der Waals surface area contributed by atoms with E-state index in [4.69, 9.17) is 9.05 Å². The van der Waals surface area contributed by atoms with Crippen LogP contribution in [-0.4, -0.2) is 44.5 Å². The van der Waals surface area contributed by atoms with Gasteiger partial charge in [0.25, 0.3) is 0 Å². The van der Waals surface area contributed by atoms with Gasteiger partial charge in [-0.05, 0) is 39.3 Å². The molecule has 0 rings (SSSR count). The lowest BCUT2D eigenvalue weighted by Crippen LogP contribution is -2.15. The van der Waals surface area contributed by atoms with Gasteiger partial charge in [-0.3, -0.25) is 4.52 Å². The molecule has 0 aliphatic carbocycles. The third kappa shape index (κ3) is 6.85. The van der Waals surface area contributed by atoms with Crippen LogP contribution in [0.4, 0.5) is 0 Å². The van der Waals surface area contributed by atoms with Crippen LogP contribution >= 0.6 is 18.2 Å². The summed E-state index contributed by atoms with van der Waals surface area (Å²) in [6, 6.07) is 0. The van der Waals surface area contributed by atoms with E-state index in [1.165, 1.54) is 18.5 Å². The average molecular weight is 241 g/mol. The Hall–Kier alpha value is 0.460. The van der Waals surface area contributed by atoms with Crippen LogP contribution in [-0.2, 0) is 13.6 Å². The highest BCUT2D eigenvalue weighted by Gasteiger charge is 2.24. The van der Waals surface area contributed by atoms with E-state index in [1.807, 2.05) is 32.8 Å². The molecule has 86 valence electrons. The lowest BCUT2D eigenvalue weighted by Gasteiger charge is -2.18. The zero-order valence-electron chi connectivity index (χ0n) is 9.52. The molecule has 0 saturated carbocycles. The Kier molecular flexibility index (Phi) is 7.08. The summed E-state index contributed by atoms with van der Waals surface area (Å²) >= 11 is 1.25. The monoisotopic (exact) mass is 241 g/mol. The van der Waals surface area contributed by atoms with Gasteiger partial charge < -0.3 is 9.42 Å². The summed E-state index contributed by atoms with van der Waals surface area (Å²) in [7, 11) is 5.37. The van der Waals surface area contributed by atoms with Gasteiger partial charge in [-0.2, -0.15) is 0 Å². The van der Waals surface area contributed by atoms with Crippen molar-refractivity contribution in [2.75, 3.05) is 33.5 Å². The molecule has 0 spiro atoms. The molecule has 0 aliphatic rings. The van der Waals surface area contributed by atoms with Crippen molar-refractivity contribution in [2.45, 2.75) is 20.0 Å². The third-order valence-electron chi connectivity index (χ3n) is 1.35. The summed E-state index contributed by atoms with van der Waals surface area (Å²) in [5.41, 5.74) is 0. The van der Waals surface area contributed by atoms with E-state index in [1.54, 1.807) is 0 Å². The zero-order chi connectivity index (χ0) is 11.2. The first kappa shape index (κ1) is 14.5. The number of hydrogen-bond acceptors (Lipinski definition) is 5. The number of nitrogens with zero attached hydrogens (tertiary/aromatic N) is 1. The molecular formula is C8H20NO3PS. The van der Waals surface area contributed by atoms with Gasteiger partial charge in [0.05, 0.1) is 6.10 Å². The topological polar surface area (TPSA) is 38.8 Å². The van der Waals surface area contributed by atoms with Gasteiger partial charge in [0.2, 0.25) is 0 Å². The largest absolute Gasteiger partial charge is 0.389 e. The fourth-order valence-corrected chi connectivity index (χ4v) is 4.09. The fourth-order valence-electron chi connectivity index (χ4n) is 0.720. The fraction of sp³-hybridized carbons (Fsp3) is 1.00. The molecule has 0 N–H and O–H groups in total. The summed E-state index contributed by atoms with van der Waals surface area (Å²) in [6.07, 6.45) is -0.0763. The van der Waals surface area contributed by atoms with Crippen LogP contribution in [0.1, 0.15) is 13.8 Å². The number of hydrogen-bond donors (Lipinski definition) is 0. The molecule has 0 aromatic rings. The molecule has 0 amide bonds. The smallest absolute Gasteiger partial charge is 0.309 e. The van der Waals surface area contributed by atoms with Crippen molar-refractivity contribution in [2.24, 2.45) is 0 Å². The lowest BCUT2D eigenvalue weighted by molar-refractivity contribution is 0.201. The molecule has 0 saturated heterocycles. The normalized spacial score (nSPS) is 16.2. The van der Waals surface area contributed by atoms with Crippen molar-refractivity contribution in [3.63, 3.8) is 0 Å². The second kappa shape index (κ2) is 6.85. The molecule has 0 heterocycles. The minimum Gasteiger partial charge on any atom is -0.309 e. The first-order valence-corrected chi connectivity index (χ1v) is 7.66. The van der Waals surface area contributed by atoms with Crippen molar-refractivity contribution in [1.82, 2.24) is 4.90 Å². The highest BCUT2D eigenvalue weighted by molar-refractivity contribution is 8.55. The van der Waals surface area contributed by atoms with E-state index in [0.717, 1.165) is 12.3 Å². The van der Waals surface area contributed by atoms with Crippen LogP contribution in [0.15, 0.2) is 0 Å². The van der Waals surface area contributed by atoms with Crippen LogP contribution in [0.5, 0.6) is 0 Å². The Morgan fingerprint density at radius 2 is 2.00 bits per heavy atom. The molecule has 0 radical (unpaired) electrons. The van der Waals surface area contributed by atoms with E-state index in [-0.39, 0.29) is 6.10 Å². The van der Waals surface area contributed by atoms with Gasteiger partial charge in [0.15, 0.2) is 0 Å². The molecule has 1 unspecified atom stereocenters. The van der Waals surface area contributed by atoms with Crippen LogP contribution in [0.3, 0.4) is 0 Å². The maximum atomic E-state index is 11.9. The van der Waals surface area contributed by atoms with Gasteiger partial charge >= 0.3 is 6.80 Å². The third-order valence-corrected chi connectivity index (χ3v) is 5.36. The van der Waals surface area contributed by atoms with Gasteiger partial charge in [0.1, 0.15) is 0 Å². The van der Waals surface area contributed by atoms with E-state index < -0.39 is 6.80 Å². The number of rotatable bonds is 7. The van der Waals surface area contributed by atoms with E-state index in [0.29, 0.717) is 0 Å². The second-order valence-electron chi connectivity index (χ2n) is 3.42. The molecule has 14 heavy (non-hydrogen) atoms. The SMILES string of the molecule is COP(=O)(OC(C)C)SCCN(C)C. The Morgan fingerprint density at radius 1 is 1.43 bits per heavy atom. The molecule has 1 atom stereocenters. The van der Waals surface area contributed by atoms with Crippen molar-refractivity contribution in [3.8, 4) is 0 Å².